The number of nitrogens with one attached hydrogen (secondary N) is 1. The van der Waals surface area contributed by atoms with Gasteiger partial charge in [-0.25, -0.2) is 0 Å². The van der Waals surface area contributed by atoms with E-state index in [0.29, 0.717) is 6.04 Å². The SMILES string of the molecule is CCSCC(C)NCc1c(Br)c(CC)nn1CC. The molecule has 1 N–H and O–H groups in total. The highest BCUT2D eigenvalue weighted by atomic mass is 79.9. The average Bonchev–Trinajstić information content (AvgIpc) is 2.69. The van der Waals surface area contributed by atoms with E-state index in [-0.39, 0.29) is 0 Å². The summed E-state index contributed by atoms with van der Waals surface area (Å²) in [7, 11) is 0. The highest BCUT2D eigenvalue weighted by molar-refractivity contribution is 9.10. The second-order valence-electron chi connectivity index (χ2n) is 4.32. The molecular weight excluding hydrogens is 310 g/mol. The van der Waals surface area contributed by atoms with E-state index >= 15 is 0 Å². The van der Waals surface area contributed by atoms with Gasteiger partial charge >= 0.3 is 0 Å². The fourth-order valence-corrected chi connectivity index (χ4v) is 3.22. The van der Waals surface area contributed by atoms with Crippen molar-refractivity contribution in [1.29, 1.82) is 0 Å². The quantitative estimate of drug-likeness (QED) is 0.790. The van der Waals surface area contributed by atoms with Crippen LogP contribution in [0.5, 0.6) is 0 Å². The maximum Gasteiger partial charge on any atom is 0.0767 e. The molecule has 0 fully saturated rings. The Bertz CT molecular complexity index is 365. The van der Waals surface area contributed by atoms with Gasteiger partial charge in [0.05, 0.1) is 15.9 Å². The van der Waals surface area contributed by atoms with Gasteiger partial charge in [-0.1, -0.05) is 13.8 Å². The first kappa shape index (κ1) is 16.1. The van der Waals surface area contributed by atoms with Crippen molar-refractivity contribution >= 4 is 27.7 Å². The number of nitrogens with zero attached hydrogens (tertiary/aromatic N) is 2. The minimum atomic E-state index is 0.534. The molecule has 0 spiro atoms. The highest BCUT2D eigenvalue weighted by Gasteiger charge is 2.14. The van der Waals surface area contributed by atoms with Crippen LogP contribution in [-0.2, 0) is 19.5 Å². The third-order valence-corrected chi connectivity index (χ3v) is 4.94. The fraction of sp³-hybridized carbons (Fsp3) is 0.769. The molecule has 1 aromatic heterocycles. The van der Waals surface area contributed by atoms with Crippen LogP contribution in [0.3, 0.4) is 0 Å². The first-order chi connectivity index (χ1) is 8.63. The minimum absolute atomic E-state index is 0.534. The molecule has 5 heteroatoms. The lowest BCUT2D eigenvalue weighted by Crippen LogP contribution is -2.29. The van der Waals surface area contributed by atoms with Gasteiger partial charge in [0.15, 0.2) is 0 Å². The van der Waals surface area contributed by atoms with Crippen molar-refractivity contribution < 1.29 is 0 Å². The Morgan fingerprint density at radius 2 is 2.11 bits per heavy atom. The Labute approximate surface area is 123 Å². The van der Waals surface area contributed by atoms with Crippen LogP contribution in [0.1, 0.15) is 39.1 Å². The second-order valence-corrected chi connectivity index (χ2v) is 6.43. The predicted octanol–water partition coefficient (Wildman–Crippen LogP) is 3.46. The summed E-state index contributed by atoms with van der Waals surface area (Å²) < 4.78 is 3.27. The van der Waals surface area contributed by atoms with E-state index in [1.54, 1.807) is 0 Å². The maximum absolute atomic E-state index is 4.61. The van der Waals surface area contributed by atoms with E-state index < -0.39 is 0 Å². The summed E-state index contributed by atoms with van der Waals surface area (Å²) in [6, 6.07) is 0.534. The zero-order valence-corrected chi connectivity index (χ0v) is 14.2. The molecule has 18 heavy (non-hydrogen) atoms. The molecular formula is C13H24BrN3S. The van der Waals surface area contributed by atoms with Crippen molar-refractivity contribution in [2.24, 2.45) is 0 Å². The molecule has 0 aliphatic heterocycles. The van der Waals surface area contributed by atoms with Crippen LogP contribution in [0.25, 0.3) is 0 Å². The van der Waals surface area contributed by atoms with Crippen LogP contribution in [0.4, 0.5) is 0 Å². The fourth-order valence-electron chi connectivity index (χ4n) is 1.81. The first-order valence-electron chi connectivity index (χ1n) is 6.69. The molecule has 1 atom stereocenters. The highest BCUT2D eigenvalue weighted by Crippen LogP contribution is 2.22. The Hall–Kier alpha value is 0. The van der Waals surface area contributed by atoms with Gasteiger partial charge in [0.2, 0.25) is 0 Å². The number of hydrogen-bond acceptors (Lipinski definition) is 3. The zero-order valence-electron chi connectivity index (χ0n) is 11.8. The molecule has 0 saturated carbocycles. The van der Waals surface area contributed by atoms with Gasteiger partial charge in [0.1, 0.15) is 0 Å². The van der Waals surface area contributed by atoms with Crippen LogP contribution in [-0.4, -0.2) is 27.3 Å². The van der Waals surface area contributed by atoms with Gasteiger partial charge in [0, 0.05) is 24.9 Å². The van der Waals surface area contributed by atoms with Crippen LogP contribution in [0.2, 0.25) is 0 Å². The second kappa shape index (κ2) is 8.23. The average molecular weight is 334 g/mol. The van der Waals surface area contributed by atoms with E-state index in [1.807, 2.05) is 11.8 Å². The molecule has 0 aliphatic carbocycles. The molecule has 0 aromatic carbocycles. The summed E-state index contributed by atoms with van der Waals surface area (Å²) >= 11 is 5.66. The van der Waals surface area contributed by atoms with Crippen molar-refractivity contribution in [1.82, 2.24) is 15.1 Å². The van der Waals surface area contributed by atoms with Gasteiger partial charge in [0.25, 0.3) is 0 Å². The number of halogens is 1. The smallest absolute Gasteiger partial charge is 0.0767 e. The molecule has 0 aliphatic rings. The van der Waals surface area contributed by atoms with Crippen molar-refractivity contribution in [3.8, 4) is 0 Å². The Morgan fingerprint density at radius 3 is 2.67 bits per heavy atom. The van der Waals surface area contributed by atoms with Gasteiger partial charge in [-0.05, 0) is 42.0 Å². The summed E-state index contributed by atoms with van der Waals surface area (Å²) in [6.45, 7) is 10.5. The van der Waals surface area contributed by atoms with Crippen molar-refractivity contribution in [3.63, 3.8) is 0 Å². The topological polar surface area (TPSA) is 29.9 Å². The minimum Gasteiger partial charge on any atom is -0.308 e. The third-order valence-electron chi connectivity index (χ3n) is 2.88. The summed E-state index contributed by atoms with van der Waals surface area (Å²) in [5.41, 5.74) is 2.42. The van der Waals surface area contributed by atoms with E-state index in [0.717, 1.165) is 31.0 Å². The van der Waals surface area contributed by atoms with E-state index in [1.165, 1.54) is 15.9 Å². The van der Waals surface area contributed by atoms with Crippen LogP contribution >= 0.6 is 27.7 Å². The molecule has 1 aromatic rings. The third kappa shape index (κ3) is 4.28. The van der Waals surface area contributed by atoms with Gasteiger partial charge in [-0.2, -0.15) is 16.9 Å². The Morgan fingerprint density at radius 1 is 1.39 bits per heavy atom. The molecule has 104 valence electrons. The van der Waals surface area contributed by atoms with Gasteiger partial charge < -0.3 is 5.32 Å². The molecule has 0 saturated heterocycles. The summed E-state index contributed by atoms with van der Waals surface area (Å²) in [5.74, 6) is 2.34. The van der Waals surface area contributed by atoms with Crippen LogP contribution in [0, 0.1) is 0 Å². The Balaban J connectivity index is 2.63. The molecule has 3 nitrogen and oxygen atoms in total. The number of hydrogen-bond donors (Lipinski definition) is 1. The monoisotopic (exact) mass is 333 g/mol. The standard InChI is InChI=1S/C13H24BrN3S/c1-5-11-13(14)12(17(6-2)16-11)8-15-10(4)9-18-7-3/h10,15H,5-9H2,1-4H3. The lowest BCUT2D eigenvalue weighted by atomic mass is 10.3. The van der Waals surface area contributed by atoms with Gasteiger partial charge in [-0.15, -0.1) is 0 Å². The lowest BCUT2D eigenvalue weighted by Gasteiger charge is -2.14. The molecule has 1 unspecified atom stereocenters. The lowest BCUT2D eigenvalue weighted by molar-refractivity contribution is 0.542. The molecule has 1 rings (SSSR count). The van der Waals surface area contributed by atoms with E-state index in [4.69, 9.17) is 0 Å². The molecule has 0 radical (unpaired) electrons. The summed E-state index contributed by atoms with van der Waals surface area (Å²) in [5, 5.41) is 8.19. The number of rotatable bonds is 8. The Kier molecular flexibility index (Phi) is 7.34. The summed E-state index contributed by atoms with van der Waals surface area (Å²) in [6.07, 6.45) is 0.974. The van der Waals surface area contributed by atoms with Crippen LogP contribution < -0.4 is 5.32 Å². The van der Waals surface area contributed by atoms with Crippen molar-refractivity contribution in [2.45, 2.75) is 53.2 Å². The van der Waals surface area contributed by atoms with Crippen molar-refractivity contribution in [3.05, 3.63) is 15.9 Å². The number of aromatic nitrogens is 2. The van der Waals surface area contributed by atoms with E-state index in [9.17, 15) is 0 Å². The number of thioether (sulfide) groups is 1. The predicted molar refractivity (Wildman–Crippen MR) is 84.3 cm³/mol. The van der Waals surface area contributed by atoms with E-state index in [2.05, 4.69) is 58.7 Å². The molecule has 0 bridgehead atoms. The zero-order chi connectivity index (χ0) is 13.5. The first-order valence-corrected chi connectivity index (χ1v) is 8.63. The molecule has 0 amide bonds. The largest absolute Gasteiger partial charge is 0.308 e. The molecule has 1 heterocycles. The normalized spacial score (nSPS) is 12.9. The summed E-state index contributed by atoms with van der Waals surface area (Å²) in [4.78, 5) is 0. The number of aryl methyl sites for hydroxylation is 2. The van der Waals surface area contributed by atoms with Crippen LogP contribution in [0.15, 0.2) is 4.47 Å². The van der Waals surface area contributed by atoms with Crippen molar-refractivity contribution in [2.75, 3.05) is 11.5 Å². The maximum atomic E-state index is 4.61. The van der Waals surface area contributed by atoms with Gasteiger partial charge in [-0.3, -0.25) is 4.68 Å².